The Kier molecular flexibility index (Phi) is 2.84. The number of primary amides is 1. The van der Waals surface area contributed by atoms with Crippen LogP contribution in [-0.2, 0) is 0 Å². The van der Waals surface area contributed by atoms with E-state index < -0.39 is 5.91 Å². The molecule has 4 heteroatoms. The van der Waals surface area contributed by atoms with Crippen LogP contribution in [0.3, 0.4) is 0 Å². The number of pyridine rings is 1. The van der Waals surface area contributed by atoms with Crippen molar-refractivity contribution in [1.82, 2.24) is 4.98 Å². The van der Waals surface area contributed by atoms with Crippen LogP contribution in [0.5, 0.6) is 0 Å². The van der Waals surface area contributed by atoms with E-state index >= 15 is 0 Å². The molecular formula is C13H9N3O. The van der Waals surface area contributed by atoms with Gasteiger partial charge in [0.2, 0.25) is 0 Å². The Hall–Kier alpha value is -2.67. The number of hydrogen-bond acceptors (Lipinski definition) is 3. The smallest absolute Gasteiger partial charge is 0.267 e. The van der Waals surface area contributed by atoms with E-state index in [1.807, 2.05) is 0 Å². The fourth-order valence-electron chi connectivity index (χ4n) is 1.63. The number of nitriles is 1. The Bertz CT molecular complexity index is 614. The van der Waals surface area contributed by atoms with Crippen molar-refractivity contribution in [2.24, 2.45) is 5.73 Å². The number of nitrogens with zero attached hydrogens (tertiary/aromatic N) is 2. The molecule has 0 saturated heterocycles. The Morgan fingerprint density at radius 2 is 1.88 bits per heavy atom. The van der Waals surface area contributed by atoms with Crippen LogP contribution in [-0.4, -0.2) is 10.9 Å². The average Bonchev–Trinajstić information content (AvgIpc) is 2.38. The SMILES string of the molecule is N#Cc1ccccc1-c1cccnc1C(N)=O. The molecule has 4 nitrogen and oxygen atoms in total. The molecule has 0 bridgehead atoms. The second-order valence-corrected chi connectivity index (χ2v) is 3.42. The number of amides is 1. The number of hydrogen-bond donors (Lipinski definition) is 1. The molecule has 2 N–H and O–H groups in total. The maximum absolute atomic E-state index is 11.3. The first kappa shape index (κ1) is 10.8. The molecule has 2 rings (SSSR count). The van der Waals surface area contributed by atoms with Crippen molar-refractivity contribution in [1.29, 1.82) is 5.26 Å². The van der Waals surface area contributed by atoms with Crippen LogP contribution < -0.4 is 5.73 Å². The van der Waals surface area contributed by atoms with Gasteiger partial charge in [-0.05, 0) is 12.1 Å². The van der Waals surface area contributed by atoms with Crippen LogP contribution in [0.2, 0.25) is 0 Å². The van der Waals surface area contributed by atoms with Crippen molar-refractivity contribution in [2.45, 2.75) is 0 Å². The van der Waals surface area contributed by atoms with E-state index in [1.165, 1.54) is 6.20 Å². The molecule has 0 atom stereocenters. The minimum absolute atomic E-state index is 0.176. The molecule has 82 valence electrons. The summed E-state index contributed by atoms with van der Waals surface area (Å²) in [5.74, 6) is -0.603. The van der Waals surface area contributed by atoms with Gasteiger partial charge in [-0.15, -0.1) is 0 Å². The summed E-state index contributed by atoms with van der Waals surface area (Å²) in [5.41, 5.74) is 7.17. The molecule has 0 aliphatic heterocycles. The lowest BCUT2D eigenvalue weighted by atomic mass is 9.99. The zero-order valence-electron chi connectivity index (χ0n) is 8.92. The summed E-state index contributed by atoms with van der Waals surface area (Å²) >= 11 is 0. The molecule has 0 unspecified atom stereocenters. The molecule has 0 radical (unpaired) electrons. The van der Waals surface area contributed by atoms with Crippen molar-refractivity contribution in [3.63, 3.8) is 0 Å². The van der Waals surface area contributed by atoms with Gasteiger partial charge in [0.15, 0.2) is 0 Å². The van der Waals surface area contributed by atoms with E-state index in [1.54, 1.807) is 36.4 Å². The highest BCUT2D eigenvalue weighted by atomic mass is 16.1. The van der Waals surface area contributed by atoms with Gasteiger partial charge in [0.05, 0.1) is 11.6 Å². The minimum Gasteiger partial charge on any atom is -0.364 e. The largest absolute Gasteiger partial charge is 0.364 e. The van der Waals surface area contributed by atoms with Gasteiger partial charge in [-0.25, -0.2) is 0 Å². The molecular weight excluding hydrogens is 214 g/mol. The van der Waals surface area contributed by atoms with Crippen LogP contribution in [0.25, 0.3) is 11.1 Å². The Balaban J connectivity index is 2.69. The topological polar surface area (TPSA) is 79.8 Å². The summed E-state index contributed by atoms with van der Waals surface area (Å²) < 4.78 is 0. The van der Waals surface area contributed by atoms with Gasteiger partial charge in [-0.3, -0.25) is 9.78 Å². The fourth-order valence-corrected chi connectivity index (χ4v) is 1.63. The first-order valence-corrected chi connectivity index (χ1v) is 4.98. The van der Waals surface area contributed by atoms with E-state index in [9.17, 15) is 4.79 Å². The standard InChI is InChI=1S/C13H9N3O/c14-8-9-4-1-2-5-10(9)11-6-3-7-16-12(11)13(15)17/h1-7H,(H2,15,17). The molecule has 0 spiro atoms. The number of carbonyl (C=O) groups is 1. The molecule has 0 aliphatic rings. The lowest BCUT2D eigenvalue weighted by Crippen LogP contribution is -2.14. The first-order chi connectivity index (χ1) is 8.24. The van der Waals surface area contributed by atoms with E-state index in [0.29, 0.717) is 16.7 Å². The Labute approximate surface area is 98.3 Å². The van der Waals surface area contributed by atoms with Gasteiger partial charge in [0.1, 0.15) is 5.69 Å². The van der Waals surface area contributed by atoms with Gasteiger partial charge >= 0.3 is 0 Å². The molecule has 0 saturated carbocycles. The van der Waals surface area contributed by atoms with Gasteiger partial charge in [-0.1, -0.05) is 24.3 Å². The van der Waals surface area contributed by atoms with E-state index in [4.69, 9.17) is 11.0 Å². The van der Waals surface area contributed by atoms with E-state index in [-0.39, 0.29) is 5.69 Å². The Morgan fingerprint density at radius 3 is 2.59 bits per heavy atom. The second-order valence-electron chi connectivity index (χ2n) is 3.42. The normalized spacial score (nSPS) is 9.59. The zero-order valence-corrected chi connectivity index (χ0v) is 8.92. The van der Waals surface area contributed by atoms with Crippen molar-refractivity contribution >= 4 is 5.91 Å². The summed E-state index contributed by atoms with van der Waals surface area (Å²) in [6.45, 7) is 0. The van der Waals surface area contributed by atoms with Crippen molar-refractivity contribution in [2.75, 3.05) is 0 Å². The predicted molar refractivity (Wildman–Crippen MR) is 62.9 cm³/mol. The first-order valence-electron chi connectivity index (χ1n) is 4.98. The number of carbonyl (C=O) groups excluding carboxylic acids is 1. The molecule has 0 fully saturated rings. The molecule has 0 aliphatic carbocycles. The maximum Gasteiger partial charge on any atom is 0.267 e. The minimum atomic E-state index is -0.603. The van der Waals surface area contributed by atoms with Crippen LogP contribution in [0.1, 0.15) is 16.1 Å². The molecule has 1 aromatic heterocycles. The highest BCUT2D eigenvalue weighted by molar-refractivity contribution is 5.98. The number of aromatic nitrogens is 1. The number of rotatable bonds is 2. The van der Waals surface area contributed by atoms with E-state index in [2.05, 4.69) is 11.1 Å². The van der Waals surface area contributed by atoms with Crippen molar-refractivity contribution in [3.05, 3.63) is 53.9 Å². The number of benzene rings is 1. The third kappa shape index (κ3) is 1.99. The quantitative estimate of drug-likeness (QED) is 0.841. The highest BCUT2D eigenvalue weighted by Crippen LogP contribution is 2.25. The van der Waals surface area contributed by atoms with Crippen LogP contribution in [0, 0.1) is 11.3 Å². The van der Waals surface area contributed by atoms with Gasteiger partial charge in [0, 0.05) is 17.3 Å². The summed E-state index contributed by atoms with van der Waals surface area (Å²) in [5, 5.41) is 9.02. The summed E-state index contributed by atoms with van der Waals surface area (Å²) in [6, 6.07) is 12.5. The highest BCUT2D eigenvalue weighted by Gasteiger charge is 2.13. The van der Waals surface area contributed by atoms with E-state index in [0.717, 1.165) is 0 Å². The third-order valence-electron chi connectivity index (χ3n) is 2.38. The zero-order chi connectivity index (χ0) is 12.3. The Morgan fingerprint density at radius 1 is 1.18 bits per heavy atom. The van der Waals surface area contributed by atoms with Gasteiger partial charge < -0.3 is 5.73 Å². The van der Waals surface area contributed by atoms with Gasteiger partial charge in [0.25, 0.3) is 5.91 Å². The molecule has 1 heterocycles. The average molecular weight is 223 g/mol. The summed E-state index contributed by atoms with van der Waals surface area (Å²) in [4.78, 5) is 15.2. The third-order valence-corrected chi connectivity index (χ3v) is 2.38. The van der Waals surface area contributed by atoms with Crippen molar-refractivity contribution in [3.8, 4) is 17.2 Å². The number of nitrogens with two attached hydrogens (primary N) is 1. The van der Waals surface area contributed by atoms with Crippen LogP contribution in [0.4, 0.5) is 0 Å². The molecule has 1 amide bonds. The van der Waals surface area contributed by atoms with Gasteiger partial charge in [-0.2, -0.15) is 5.26 Å². The molecule has 2 aromatic rings. The van der Waals surface area contributed by atoms with Crippen molar-refractivity contribution < 1.29 is 4.79 Å². The second kappa shape index (κ2) is 4.45. The monoisotopic (exact) mass is 223 g/mol. The lowest BCUT2D eigenvalue weighted by Gasteiger charge is -2.06. The lowest BCUT2D eigenvalue weighted by molar-refractivity contribution is 0.0996. The van der Waals surface area contributed by atoms with Crippen LogP contribution in [0.15, 0.2) is 42.6 Å². The maximum atomic E-state index is 11.3. The molecule has 1 aromatic carbocycles. The molecule has 17 heavy (non-hydrogen) atoms. The summed E-state index contributed by atoms with van der Waals surface area (Å²) in [7, 11) is 0. The van der Waals surface area contributed by atoms with Crippen LogP contribution >= 0.6 is 0 Å². The fraction of sp³-hybridized carbons (Fsp3) is 0. The predicted octanol–water partition coefficient (Wildman–Crippen LogP) is 1.72. The summed E-state index contributed by atoms with van der Waals surface area (Å²) in [6.07, 6.45) is 1.50.